The lowest BCUT2D eigenvalue weighted by molar-refractivity contribution is 0.0268. The minimum atomic E-state index is 0.0867. The molecule has 0 bridgehead atoms. The molecule has 98 valence electrons. The van der Waals surface area contributed by atoms with E-state index in [1.54, 1.807) is 7.11 Å². The van der Waals surface area contributed by atoms with Crippen LogP contribution in [0.5, 0.6) is 0 Å². The highest BCUT2D eigenvalue weighted by Gasteiger charge is 2.25. The van der Waals surface area contributed by atoms with E-state index in [0.29, 0.717) is 6.54 Å². The summed E-state index contributed by atoms with van der Waals surface area (Å²) < 4.78 is 6.22. The molecule has 1 unspecified atom stereocenters. The molecule has 0 aromatic heterocycles. The second-order valence-corrected chi connectivity index (χ2v) is 5.59. The lowest BCUT2D eigenvalue weighted by Gasteiger charge is -2.32. The predicted molar refractivity (Wildman–Crippen MR) is 74.8 cm³/mol. The van der Waals surface area contributed by atoms with Gasteiger partial charge in [0.2, 0.25) is 0 Å². The van der Waals surface area contributed by atoms with Gasteiger partial charge < -0.3 is 9.64 Å². The topological polar surface area (TPSA) is 29.5 Å². The molecular formula is C14H18BrNO2. The molecule has 1 heterocycles. The molecule has 1 aromatic rings. The van der Waals surface area contributed by atoms with Gasteiger partial charge in [0.25, 0.3) is 5.91 Å². The van der Waals surface area contributed by atoms with Gasteiger partial charge in [-0.15, -0.1) is 0 Å². The van der Waals surface area contributed by atoms with Crippen LogP contribution >= 0.6 is 15.9 Å². The summed E-state index contributed by atoms with van der Waals surface area (Å²) in [5, 5.41) is 0. The molecule has 1 atom stereocenters. The number of benzene rings is 1. The molecule has 1 amide bonds. The van der Waals surface area contributed by atoms with Gasteiger partial charge in [-0.05, 0) is 53.4 Å². The fourth-order valence-electron chi connectivity index (χ4n) is 2.28. The zero-order valence-corrected chi connectivity index (χ0v) is 12.4. The van der Waals surface area contributed by atoms with Crippen LogP contribution in [-0.2, 0) is 4.74 Å². The number of carbonyl (C=O) groups is 1. The number of carbonyl (C=O) groups excluding carboxylic acids is 1. The first-order valence-electron chi connectivity index (χ1n) is 6.20. The summed E-state index contributed by atoms with van der Waals surface area (Å²) in [5.41, 5.74) is 1.88. The van der Waals surface area contributed by atoms with E-state index in [4.69, 9.17) is 4.74 Å². The molecule has 0 radical (unpaired) electrons. The van der Waals surface area contributed by atoms with E-state index in [0.717, 1.165) is 35.0 Å². The summed E-state index contributed by atoms with van der Waals surface area (Å²) in [5.74, 6) is 0.0867. The van der Waals surface area contributed by atoms with Crippen molar-refractivity contribution in [1.82, 2.24) is 4.90 Å². The highest BCUT2D eigenvalue weighted by atomic mass is 79.9. The molecule has 18 heavy (non-hydrogen) atoms. The highest BCUT2D eigenvalue weighted by Crippen LogP contribution is 2.22. The number of rotatable bonds is 2. The van der Waals surface area contributed by atoms with Crippen LogP contribution in [0.25, 0.3) is 0 Å². The molecule has 3 nitrogen and oxygen atoms in total. The molecule has 1 fully saturated rings. The van der Waals surface area contributed by atoms with Crippen LogP contribution in [0.3, 0.4) is 0 Å². The maximum absolute atomic E-state index is 12.4. The fourth-order valence-corrected chi connectivity index (χ4v) is 2.94. The number of methoxy groups -OCH3 is 1. The zero-order valence-electron chi connectivity index (χ0n) is 10.8. The molecule has 1 saturated heterocycles. The Kier molecular flexibility index (Phi) is 4.40. The van der Waals surface area contributed by atoms with Gasteiger partial charge >= 0.3 is 0 Å². The van der Waals surface area contributed by atoms with Crippen molar-refractivity contribution in [2.75, 3.05) is 20.2 Å². The number of likely N-dealkylation sites (tertiary alicyclic amines) is 1. The number of halogens is 1. The predicted octanol–water partition coefficient (Wildman–Crippen LogP) is 3.01. The molecule has 2 rings (SSSR count). The van der Waals surface area contributed by atoms with Crippen molar-refractivity contribution in [2.45, 2.75) is 25.9 Å². The van der Waals surface area contributed by atoms with Crippen LogP contribution in [0.2, 0.25) is 0 Å². The van der Waals surface area contributed by atoms with E-state index in [1.165, 1.54) is 0 Å². The third kappa shape index (κ3) is 2.93. The lowest BCUT2D eigenvalue weighted by Crippen LogP contribution is -2.43. The van der Waals surface area contributed by atoms with Gasteiger partial charge in [0.1, 0.15) is 0 Å². The summed E-state index contributed by atoms with van der Waals surface area (Å²) in [4.78, 5) is 14.3. The van der Waals surface area contributed by atoms with E-state index in [2.05, 4.69) is 15.9 Å². The van der Waals surface area contributed by atoms with E-state index in [9.17, 15) is 4.79 Å². The standard InChI is InChI=1S/C14H18BrNO2/c1-10-5-6-12(13(15)8-10)14(17)16-7-3-4-11(9-16)18-2/h5-6,8,11H,3-4,7,9H2,1-2H3. The van der Waals surface area contributed by atoms with Crippen molar-refractivity contribution in [3.05, 3.63) is 33.8 Å². The first kappa shape index (κ1) is 13.6. The van der Waals surface area contributed by atoms with Crippen molar-refractivity contribution in [2.24, 2.45) is 0 Å². The third-order valence-electron chi connectivity index (χ3n) is 3.35. The second-order valence-electron chi connectivity index (χ2n) is 4.73. The van der Waals surface area contributed by atoms with Crippen LogP contribution < -0.4 is 0 Å². The third-order valence-corrected chi connectivity index (χ3v) is 4.01. The van der Waals surface area contributed by atoms with Gasteiger partial charge in [0.05, 0.1) is 11.7 Å². The average molecular weight is 312 g/mol. The van der Waals surface area contributed by atoms with Crippen molar-refractivity contribution < 1.29 is 9.53 Å². The lowest BCUT2D eigenvalue weighted by atomic mass is 10.1. The second kappa shape index (κ2) is 5.85. The monoisotopic (exact) mass is 311 g/mol. The molecule has 1 aliphatic heterocycles. The molecule has 0 N–H and O–H groups in total. The van der Waals surface area contributed by atoms with E-state index in [-0.39, 0.29) is 12.0 Å². The Morgan fingerprint density at radius 3 is 2.94 bits per heavy atom. The Hall–Kier alpha value is -0.870. The number of amides is 1. The van der Waals surface area contributed by atoms with Gasteiger partial charge in [-0.25, -0.2) is 0 Å². The summed E-state index contributed by atoms with van der Waals surface area (Å²) in [6.45, 7) is 3.52. The molecule has 1 aromatic carbocycles. The first-order chi connectivity index (χ1) is 8.61. The van der Waals surface area contributed by atoms with Crippen LogP contribution in [0.4, 0.5) is 0 Å². The molecule has 4 heteroatoms. The largest absolute Gasteiger partial charge is 0.380 e. The average Bonchev–Trinajstić information content (AvgIpc) is 2.38. The van der Waals surface area contributed by atoms with E-state index >= 15 is 0 Å². The van der Waals surface area contributed by atoms with Crippen LogP contribution in [0.1, 0.15) is 28.8 Å². The van der Waals surface area contributed by atoms with Gasteiger partial charge in [-0.1, -0.05) is 6.07 Å². The minimum Gasteiger partial charge on any atom is -0.380 e. The normalized spacial score (nSPS) is 19.9. The van der Waals surface area contributed by atoms with E-state index in [1.807, 2.05) is 30.0 Å². The Morgan fingerprint density at radius 1 is 1.50 bits per heavy atom. The Bertz CT molecular complexity index is 447. The van der Waals surface area contributed by atoms with E-state index < -0.39 is 0 Å². The molecular weight excluding hydrogens is 294 g/mol. The maximum Gasteiger partial charge on any atom is 0.255 e. The number of aryl methyl sites for hydroxylation is 1. The first-order valence-corrected chi connectivity index (χ1v) is 6.99. The minimum absolute atomic E-state index is 0.0867. The summed E-state index contributed by atoms with van der Waals surface area (Å²) in [7, 11) is 1.71. The molecule has 0 aliphatic carbocycles. The number of ether oxygens (including phenoxy) is 1. The van der Waals surface area contributed by atoms with Crippen LogP contribution in [0.15, 0.2) is 22.7 Å². The summed E-state index contributed by atoms with van der Waals surface area (Å²) >= 11 is 3.47. The van der Waals surface area contributed by atoms with Crippen LogP contribution in [-0.4, -0.2) is 37.1 Å². The van der Waals surface area contributed by atoms with Crippen molar-refractivity contribution >= 4 is 21.8 Å². The molecule has 0 saturated carbocycles. The number of piperidine rings is 1. The summed E-state index contributed by atoms with van der Waals surface area (Å²) in [6, 6.07) is 5.83. The highest BCUT2D eigenvalue weighted by molar-refractivity contribution is 9.10. The number of nitrogens with zero attached hydrogens (tertiary/aromatic N) is 1. The number of hydrogen-bond donors (Lipinski definition) is 0. The smallest absolute Gasteiger partial charge is 0.255 e. The quantitative estimate of drug-likeness (QED) is 0.840. The zero-order chi connectivity index (χ0) is 13.1. The number of hydrogen-bond acceptors (Lipinski definition) is 2. The van der Waals surface area contributed by atoms with Gasteiger partial charge in [0, 0.05) is 24.7 Å². The summed E-state index contributed by atoms with van der Waals surface area (Å²) in [6.07, 6.45) is 2.22. The van der Waals surface area contributed by atoms with Crippen molar-refractivity contribution in [3.63, 3.8) is 0 Å². The SMILES string of the molecule is COC1CCCN(C(=O)c2ccc(C)cc2Br)C1. The molecule has 0 spiro atoms. The van der Waals surface area contributed by atoms with Crippen LogP contribution in [0, 0.1) is 6.92 Å². The maximum atomic E-state index is 12.4. The van der Waals surface area contributed by atoms with Gasteiger partial charge in [-0.2, -0.15) is 0 Å². The Labute approximate surface area is 116 Å². The Morgan fingerprint density at radius 2 is 2.28 bits per heavy atom. The van der Waals surface area contributed by atoms with Gasteiger partial charge in [-0.3, -0.25) is 4.79 Å². The van der Waals surface area contributed by atoms with Crippen molar-refractivity contribution in [3.8, 4) is 0 Å². The fraction of sp³-hybridized carbons (Fsp3) is 0.500. The van der Waals surface area contributed by atoms with Gasteiger partial charge in [0.15, 0.2) is 0 Å². The van der Waals surface area contributed by atoms with Crippen molar-refractivity contribution in [1.29, 1.82) is 0 Å². The Balaban J connectivity index is 2.15. The molecule has 1 aliphatic rings.